The van der Waals surface area contributed by atoms with Crippen LogP contribution >= 0.6 is 25.1 Å². The molecule has 0 amide bonds. The first-order valence-corrected chi connectivity index (χ1v) is 11.8. The molecule has 0 bridgehead atoms. The van der Waals surface area contributed by atoms with E-state index in [0.29, 0.717) is 24.1 Å². The standard InChI is InChI=1S/C8H9O2PS2.Zr/c1-2-7-5-3-4-6-8(7)12-13-11(9)10;/h3-6H,2H2,1H3;/q;-1/p+1. The van der Waals surface area contributed by atoms with Crippen molar-refractivity contribution in [3.05, 3.63) is 29.8 Å². The number of hydrogen-bond donors (Lipinski definition) is 1. The maximum absolute atomic E-state index is 11.1. The molecule has 6 heteroatoms. The molecule has 0 spiro atoms. The van der Waals surface area contributed by atoms with Crippen LogP contribution in [0.4, 0.5) is 0 Å². The Morgan fingerprint density at radius 3 is 2.71 bits per heavy atom. The van der Waals surface area contributed by atoms with Crippen molar-refractivity contribution in [1.29, 1.82) is 0 Å². The molecule has 0 aliphatic rings. The van der Waals surface area contributed by atoms with Gasteiger partial charge in [0.25, 0.3) is 0 Å². The molecular weight excluding hydrogens is 314 g/mol. The van der Waals surface area contributed by atoms with Gasteiger partial charge in [-0.1, -0.05) is 0 Å². The fourth-order valence-corrected chi connectivity index (χ4v) is 6.74. The zero-order valence-electron chi connectivity index (χ0n) is 7.64. The summed E-state index contributed by atoms with van der Waals surface area (Å²) < 4.78 is 8.23. The van der Waals surface area contributed by atoms with Crippen molar-refractivity contribution < 1.29 is 33.6 Å². The Morgan fingerprint density at radius 2 is 2.14 bits per heavy atom. The minimum atomic E-state index is -2.89. The summed E-state index contributed by atoms with van der Waals surface area (Å²) in [7, 11) is 2.49. The summed E-state index contributed by atoms with van der Waals surface area (Å²) in [5.74, 6) is 0. The van der Waals surface area contributed by atoms with E-state index < -0.39 is 3.86 Å². The average Bonchev–Trinajstić information content (AvgIpc) is 2.14. The molecule has 2 nitrogen and oxygen atoms in total. The van der Waals surface area contributed by atoms with Gasteiger partial charge in [0, 0.05) is 0 Å². The molecule has 75 valence electrons. The molecule has 0 heterocycles. The van der Waals surface area contributed by atoms with Gasteiger partial charge in [0.15, 0.2) is 0 Å². The number of hydrogen-bond acceptors (Lipinski definition) is 3. The van der Waals surface area contributed by atoms with Crippen LogP contribution in [0.3, 0.4) is 0 Å². The van der Waals surface area contributed by atoms with E-state index in [1.54, 1.807) is 0 Å². The summed E-state index contributed by atoms with van der Waals surface area (Å²) >= 11 is 0.700. The third-order valence-electron chi connectivity index (χ3n) is 1.58. The number of rotatable bonds is 4. The van der Waals surface area contributed by atoms with Gasteiger partial charge < -0.3 is 0 Å². The average molecular weight is 324 g/mol. The second kappa shape index (κ2) is 5.91. The van der Waals surface area contributed by atoms with E-state index in [2.05, 4.69) is 6.92 Å². The molecule has 1 unspecified atom stereocenters. The molecule has 1 rings (SSSR count). The van der Waals surface area contributed by atoms with Crippen molar-refractivity contribution in [2.75, 3.05) is 0 Å². The van der Waals surface area contributed by atoms with Gasteiger partial charge in [0.05, 0.1) is 0 Å². The molecule has 0 aliphatic heterocycles. The predicted molar refractivity (Wildman–Crippen MR) is 59.1 cm³/mol. The van der Waals surface area contributed by atoms with Crippen LogP contribution in [-0.2, 0) is 35.1 Å². The summed E-state index contributed by atoms with van der Waals surface area (Å²) in [4.78, 5) is 10.3. The first-order valence-electron chi connectivity index (χ1n) is 4.05. The Kier molecular flexibility index (Phi) is 5.51. The van der Waals surface area contributed by atoms with E-state index >= 15 is 0 Å². The molecule has 1 aromatic rings. The molecule has 0 radical (unpaired) electrons. The second-order valence-electron chi connectivity index (χ2n) is 2.64. The summed E-state index contributed by atoms with van der Waals surface area (Å²) in [6.45, 7) is 2.08. The normalized spacial score (nSPS) is 14.9. The third-order valence-corrected chi connectivity index (χ3v) is 11.2. The number of aryl methyl sites for hydroxylation is 1. The van der Waals surface area contributed by atoms with Crippen molar-refractivity contribution in [3.8, 4) is 0 Å². The van der Waals surface area contributed by atoms with E-state index in [0.717, 1.165) is 21.7 Å². The fourth-order valence-electron chi connectivity index (χ4n) is 0.968. The van der Waals surface area contributed by atoms with Crippen LogP contribution in [0.2, 0.25) is 0 Å². The van der Waals surface area contributed by atoms with Crippen LogP contribution in [0.5, 0.6) is 0 Å². The summed E-state index contributed by atoms with van der Waals surface area (Å²) in [5, 5.41) is 0. The Morgan fingerprint density at radius 1 is 1.50 bits per heavy atom. The van der Waals surface area contributed by atoms with E-state index in [-0.39, 0.29) is 0 Å². The zero-order chi connectivity index (χ0) is 10.6. The van der Waals surface area contributed by atoms with E-state index in [4.69, 9.17) is 0 Å². The Bertz CT molecular complexity index is 353. The van der Waals surface area contributed by atoms with Crippen molar-refractivity contribution in [3.63, 3.8) is 0 Å². The molecule has 0 aromatic heterocycles. The van der Waals surface area contributed by atoms with Gasteiger partial charge in [-0.05, 0) is 0 Å². The van der Waals surface area contributed by atoms with Gasteiger partial charge in [0.1, 0.15) is 0 Å². The van der Waals surface area contributed by atoms with Crippen molar-refractivity contribution in [1.82, 2.24) is 0 Å². The first-order chi connectivity index (χ1) is 6.53. The summed E-state index contributed by atoms with van der Waals surface area (Å²) in [5.41, 5.74) is 1.23. The molecule has 14 heavy (non-hydrogen) atoms. The second-order valence-corrected chi connectivity index (χ2v) is 15.1. The zero-order valence-corrected chi connectivity index (χ0v) is 12.6. The molecule has 0 saturated heterocycles. The summed E-state index contributed by atoms with van der Waals surface area (Å²) in [6.07, 6.45) is 0.955. The third kappa shape index (κ3) is 4.68. The Balaban J connectivity index is 2.71. The van der Waals surface area contributed by atoms with E-state index in [1.165, 1.54) is 16.4 Å². The first kappa shape index (κ1) is 13.1. The maximum atomic E-state index is 11.1. The predicted octanol–water partition coefficient (Wildman–Crippen LogP) is 3.64. The van der Waals surface area contributed by atoms with Crippen molar-refractivity contribution in [2.24, 2.45) is 0 Å². The fraction of sp³-hybridized carbons (Fsp3) is 0.250. The van der Waals surface area contributed by atoms with E-state index in [9.17, 15) is 9.46 Å². The molecule has 0 fully saturated rings. The molecule has 0 aliphatic carbocycles. The van der Waals surface area contributed by atoms with Crippen LogP contribution in [0.1, 0.15) is 12.5 Å². The topological polar surface area (TPSA) is 37.3 Å². The van der Waals surface area contributed by atoms with Gasteiger partial charge in [-0.3, -0.25) is 0 Å². The quantitative estimate of drug-likeness (QED) is 0.678. The van der Waals surface area contributed by atoms with Crippen LogP contribution in [0.15, 0.2) is 29.2 Å². The molecule has 0 saturated carbocycles. The van der Waals surface area contributed by atoms with Crippen molar-refractivity contribution >= 4 is 25.1 Å². The monoisotopic (exact) mass is 323 g/mol. The minimum absolute atomic E-state index is 0.700. The van der Waals surface area contributed by atoms with Gasteiger partial charge in [-0.2, -0.15) is 0 Å². The van der Waals surface area contributed by atoms with Crippen molar-refractivity contribution in [2.45, 2.75) is 18.2 Å². The van der Waals surface area contributed by atoms with Crippen LogP contribution in [-0.4, -0.2) is 4.89 Å². The SMILES string of the molecule is CCc1ccccc1SS[P](=O)(O)[Zr]. The van der Waals surface area contributed by atoms with Crippen LogP contribution < -0.4 is 0 Å². The molecular formula is C8H10O2PS2Zr. The Hall–Kier alpha value is 0.993. The summed E-state index contributed by atoms with van der Waals surface area (Å²) in [6, 6.07) is 7.98. The van der Waals surface area contributed by atoms with Gasteiger partial charge in [-0.15, -0.1) is 0 Å². The van der Waals surface area contributed by atoms with Gasteiger partial charge in [0.2, 0.25) is 0 Å². The van der Waals surface area contributed by atoms with Crippen LogP contribution in [0.25, 0.3) is 0 Å². The molecule has 1 aromatic carbocycles. The molecule has 1 atom stereocenters. The van der Waals surface area contributed by atoms with Gasteiger partial charge >= 0.3 is 107 Å². The van der Waals surface area contributed by atoms with E-state index in [1.807, 2.05) is 24.3 Å². The van der Waals surface area contributed by atoms with Crippen LogP contribution in [0, 0.1) is 0 Å². The van der Waals surface area contributed by atoms with Gasteiger partial charge in [-0.25, -0.2) is 0 Å². The molecule has 1 N–H and O–H groups in total. The Labute approximate surface area is 106 Å². The number of benzene rings is 1.